The zero-order valence-electron chi connectivity index (χ0n) is 14.8. The van der Waals surface area contributed by atoms with Gasteiger partial charge in [-0.3, -0.25) is 4.98 Å². The Kier molecular flexibility index (Phi) is 4.31. The minimum atomic E-state index is -0.817. The molecule has 1 aliphatic rings. The van der Waals surface area contributed by atoms with Crippen LogP contribution < -0.4 is 9.47 Å². The van der Waals surface area contributed by atoms with Crippen molar-refractivity contribution in [2.24, 2.45) is 0 Å². The van der Waals surface area contributed by atoms with Gasteiger partial charge in [-0.15, -0.1) is 11.3 Å². The van der Waals surface area contributed by atoms with E-state index in [9.17, 15) is 5.11 Å². The van der Waals surface area contributed by atoms with Gasteiger partial charge in [0.15, 0.2) is 11.5 Å². The van der Waals surface area contributed by atoms with E-state index in [2.05, 4.69) is 15.0 Å². The first-order valence-corrected chi connectivity index (χ1v) is 9.73. The number of aliphatic hydroxyl groups is 1. The van der Waals surface area contributed by atoms with Crippen LogP contribution in [0, 0.1) is 0 Å². The molecule has 1 unspecified atom stereocenters. The fourth-order valence-corrected chi connectivity index (χ4v) is 4.41. The summed E-state index contributed by atoms with van der Waals surface area (Å²) >= 11 is 1.58. The van der Waals surface area contributed by atoms with Crippen LogP contribution in [0.1, 0.15) is 17.2 Å². The zero-order chi connectivity index (χ0) is 18.9. The lowest BCUT2D eigenvalue weighted by Crippen LogP contribution is -2.15. The smallest absolute Gasteiger partial charge is 0.161 e. The number of thiophene rings is 1. The summed E-state index contributed by atoms with van der Waals surface area (Å²) < 4.78 is 11.3. The van der Waals surface area contributed by atoms with Crippen LogP contribution in [-0.2, 0) is 0 Å². The van der Waals surface area contributed by atoms with Crippen LogP contribution in [0.15, 0.2) is 61.2 Å². The van der Waals surface area contributed by atoms with E-state index in [-0.39, 0.29) is 0 Å². The molecule has 140 valence electrons. The molecule has 2 N–H and O–H groups in total. The topological polar surface area (TPSA) is 80.3 Å². The van der Waals surface area contributed by atoms with Crippen molar-refractivity contribution in [3.8, 4) is 32.6 Å². The number of imidazole rings is 1. The third-order valence-electron chi connectivity index (χ3n) is 4.62. The molecule has 0 saturated heterocycles. The van der Waals surface area contributed by atoms with Gasteiger partial charge in [-0.05, 0) is 41.5 Å². The summed E-state index contributed by atoms with van der Waals surface area (Å²) in [7, 11) is 0. The Balaban J connectivity index is 1.59. The van der Waals surface area contributed by atoms with Crippen molar-refractivity contribution in [2.75, 3.05) is 13.2 Å². The first-order chi connectivity index (χ1) is 13.8. The van der Waals surface area contributed by atoms with Crippen LogP contribution in [0.25, 0.3) is 21.1 Å². The number of aliphatic hydroxyl groups excluding tert-OH is 1. The van der Waals surface area contributed by atoms with Crippen LogP contribution >= 0.6 is 11.3 Å². The van der Waals surface area contributed by atoms with Crippen LogP contribution in [0.2, 0.25) is 0 Å². The highest BCUT2D eigenvalue weighted by atomic mass is 32.1. The Labute approximate surface area is 165 Å². The molecule has 5 rings (SSSR count). The summed E-state index contributed by atoms with van der Waals surface area (Å²) in [5.74, 6) is 2.10. The highest BCUT2D eigenvalue weighted by Gasteiger charge is 2.23. The molecule has 6 nitrogen and oxygen atoms in total. The molecular formula is C21H17N3O3S. The number of benzene rings is 1. The Morgan fingerprint density at radius 3 is 2.61 bits per heavy atom. The number of aromatic amines is 1. The molecule has 4 heterocycles. The maximum Gasteiger partial charge on any atom is 0.161 e. The Morgan fingerprint density at radius 1 is 1.00 bits per heavy atom. The molecule has 1 aliphatic heterocycles. The van der Waals surface area contributed by atoms with Crippen molar-refractivity contribution in [1.82, 2.24) is 15.0 Å². The summed E-state index contributed by atoms with van der Waals surface area (Å²) in [6.45, 7) is 1.05. The minimum absolute atomic E-state index is 0.509. The average Bonchev–Trinajstić information content (AvgIpc) is 3.43. The van der Waals surface area contributed by atoms with E-state index in [0.717, 1.165) is 32.3 Å². The molecule has 0 fully saturated rings. The Hall–Kier alpha value is -3.16. The van der Waals surface area contributed by atoms with Crippen LogP contribution in [0.5, 0.6) is 11.5 Å². The largest absolute Gasteiger partial charge is 0.486 e. The van der Waals surface area contributed by atoms with Gasteiger partial charge >= 0.3 is 0 Å². The Morgan fingerprint density at radius 2 is 1.82 bits per heavy atom. The predicted molar refractivity (Wildman–Crippen MR) is 107 cm³/mol. The number of rotatable bonds is 4. The maximum absolute atomic E-state index is 11.2. The highest BCUT2D eigenvalue weighted by Crippen LogP contribution is 2.42. The maximum atomic E-state index is 11.2. The molecule has 0 amide bonds. The first-order valence-electron chi connectivity index (χ1n) is 8.91. The number of hydrogen-bond donors (Lipinski definition) is 2. The molecule has 0 bridgehead atoms. The van der Waals surface area contributed by atoms with Gasteiger partial charge in [-0.2, -0.15) is 0 Å². The molecule has 0 spiro atoms. The second kappa shape index (κ2) is 7.10. The molecule has 0 radical (unpaired) electrons. The van der Waals surface area contributed by atoms with Gasteiger partial charge in [-0.1, -0.05) is 6.07 Å². The summed E-state index contributed by atoms with van der Waals surface area (Å²) in [5, 5.41) is 11.2. The number of pyridine rings is 1. The van der Waals surface area contributed by atoms with E-state index < -0.39 is 6.10 Å². The number of fused-ring (bicyclic) bond motifs is 1. The molecule has 1 atom stereocenters. The lowest BCUT2D eigenvalue weighted by molar-refractivity contribution is 0.169. The van der Waals surface area contributed by atoms with Crippen LogP contribution in [0.3, 0.4) is 0 Å². The molecule has 1 aromatic carbocycles. The van der Waals surface area contributed by atoms with E-state index >= 15 is 0 Å². The van der Waals surface area contributed by atoms with Crippen molar-refractivity contribution in [3.05, 3.63) is 72.3 Å². The van der Waals surface area contributed by atoms with Gasteiger partial charge in [0.1, 0.15) is 25.1 Å². The number of nitrogens with zero attached hydrogens (tertiary/aromatic N) is 2. The average molecular weight is 391 g/mol. The summed E-state index contributed by atoms with van der Waals surface area (Å²) in [6, 6.07) is 11.5. The van der Waals surface area contributed by atoms with E-state index in [1.165, 1.54) is 0 Å². The molecule has 4 aromatic rings. The molecule has 28 heavy (non-hydrogen) atoms. The van der Waals surface area contributed by atoms with E-state index in [1.54, 1.807) is 36.1 Å². The molecule has 0 aliphatic carbocycles. The van der Waals surface area contributed by atoms with Crippen molar-refractivity contribution in [2.45, 2.75) is 6.10 Å². The number of nitrogens with one attached hydrogen (secondary N) is 1. The molecule has 7 heteroatoms. The Bertz CT molecular complexity index is 1090. The molecule has 3 aromatic heterocycles. The third-order valence-corrected chi connectivity index (χ3v) is 5.82. The van der Waals surface area contributed by atoms with E-state index in [4.69, 9.17) is 9.47 Å². The predicted octanol–water partition coefficient (Wildman–Crippen LogP) is 4.05. The fraction of sp³-hybridized carbons (Fsp3) is 0.143. The molecular weight excluding hydrogens is 374 g/mol. The number of H-pyrrole nitrogens is 1. The van der Waals surface area contributed by atoms with Crippen molar-refractivity contribution < 1.29 is 14.6 Å². The summed E-state index contributed by atoms with van der Waals surface area (Å²) in [5.41, 5.74) is 2.59. The van der Waals surface area contributed by atoms with Gasteiger partial charge in [0.2, 0.25) is 0 Å². The van der Waals surface area contributed by atoms with E-state index in [0.29, 0.717) is 24.7 Å². The summed E-state index contributed by atoms with van der Waals surface area (Å²) in [4.78, 5) is 13.6. The number of hydrogen-bond acceptors (Lipinski definition) is 6. The number of ether oxygens (including phenoxy) is 2. The van der Waals surface area contributed by atoms with Crippen molar-refractivity contribution >= 4 is 11.3 Å². The van der Waals surface area contributed by atoms with Crippen LogP contribution in [-0.4, -0.2) is 33.3 Å². The second-order valence-electron chi connectivity index (χ2n) is 6.37. The highest BCUT2D eigenvalue weighted by molar-refractivity contribution is 7.19. The summed E-state index contributed by atoms with van der Waals surface area (Å²) in [6.07, 6.45) is 6.20. The van der Waals surface area contributed by atoms with Gasteiger partial charge in [0.05, 0.1) is 4.88 Å². The van der Waals surface area contributed by atoms with Gasteiger partial charge in [0, 0.05) is 35.2 Å². The quantitative estimate of drug-likeness (QED) is 0.549. The lowest BCUT2D eigenvalue weighted by atomic mass is 10.00. The molecule has 0 saturated carbocycles. The standard InChI is InChI=1S/C21H17N3O3S/c25-19(14-1-2-16-17(11-14)27-10-9-26-16)15-12-18(13-3-5-22-6-4-13)28-20(15)21-23-7-8-24-21/h1-8,11-12,19,25H,9-10H2,(H,23,24). The van der Waals surface area contributed by atoms with Crippen molar-refractivity contribution in [3.63, 3.8) is 0 Å². The normalized spacial score (nSPS) is 14.0. The second-order valence-corrected chi connectivity index (χ2v) is 7.43. The number of aromatic nitrogens is 3. The van der Waals surface area contributed by atoms with E-state index in [1.807, 2.05) is 36.4 Å². The minimum Gasteiger partial charge on any atom is -0.486 e. The van der Waals surface area contributed by atoms with Gasteiger partial charge in [0.25, 0.3) is 0 Å². The van der Waals surface area contributed by atoms with Gasteiger partial charge < -0.3 is 19.6 Å². The zero-order valence-corrected chi connectivity index (χ0v) is 15.6. The SMILES string of the molecule is OC(c1ccc2c(c1)OCCO2)c1cc(-c2ccncc2)sc1-c1ncc[nH]1. The monoisotopic (exact) mass is 391 g/mol. The fourth-order valence-electron chi connectivity index (χ4n) is 3.25. The van der Waals surface area contributed by atoms with Gasteiger partial charge in [-0.25, -0.2) is 4.98 Å². The van der Waals surface area contributed by atoms with Crippen LogP contribution in [0.4, 0.5) is 0 Å². The van der Waals surface area contributed by atoms with Crippen molar-refractivity contribution in [1.29, 1.82) is 0 Å². The third kappa shape index (κ3) is 3.04. The lowest BCUT2D eigenvalue weighted by Gasteiger charge is -2.20. The first kappa shape index (κ1) is 17.0.